The second-order valence-corrected chi connectivity index (χ2v) is 6.04. The Morgan fingerprint density at radius 1 is 1.00 bits per heavy atom. The van der Waals surface area contributed by atoms with Gasteiger partial charge in [0.15, 0.2) is 0 Å². The molecule has 4 nitrogen and oxygen atoms in total. The first-order valence-electron chi connectivity index (χ1n) is 7.21. The third-order valence-corrected chi connectivity index (χ3v) is 4.20. The smallest absolute Gasteiger partial charge is 0.276 e. The molecule has 0 aliphatic heterocycles. The van der Waals surface area contributed by atoms with Crippen LogP contribution in [0.25, 0.3) is 0 Å². The van der Waals surface area contributed by atoms with Crippen LogP contribution in [0.4, 0.5) is 4.39 Å². The first-order valence-corrected chi connectivity index (χ1v) is 8.19. The first kappa shape index (κ1) is 15.7. The van der Waals surface area contributed by atoms with Crippen LogP contribution < -0.4 is 5.73 Å². The maximum absolute atomic E-state index is 12.9. The molecule has 0 fully saturated rings. The number of hydrogen-bond acceptors (Lipinski definition) is 5. The number of hydrogen-bond donors (Lipinski definition) is 1. The van der Waals surface area contributed by atoms with Crippen molar-refractivity contribution >= 4 is 11.8 Å². The monoisotopic (exact) mass is 329 g/mol. The summed E-state index contributed by atoms with van der Waals surface area (Å²) in [6, 6.07) is 16.0. The Labute approximate surface area is 137 Å². The fourth-order valence-corrected chi connectivity index (χ4v) is 2.84. The lowest BCUT2D eigenvalue weighted by Crippen LogP contribution is -2.13. The van der Waals surface area contributed by atoms with Crippen LogP contribution in [0.5, 0.6) is 0 Å². The predicted molar refractivity (Wildman–Crippen MR) is 87.3 cm³/mol. The molecule has 2 aromatic carbocycles. The molecule has 3 rings (SSSR count). The minimum Gasteiger partial charge on any atom is -0.414 e. The van der Waals surface area contributed by atoms with Crippen molar-refractivity contribution in [2.45, 2.75) is 23.4 Å². The van der Waals surface area contributed by atoms with Gasteiger partial charge < -0.3 is 10.2 Å². The fourth-order valence-electron chi connectivity index (χ4n) is 2.11. The van der Waals surface area contributed by atoms with Crippen molar-refractivity contribution in [2.75, 3.05) is 0 Å². The van der Waals surface area contributed by atoms with E-state index in [2.05, 4.69) is 10.2 Å². The van der Waals surface area contributed by atoms with Gasteiger partial charge in [0.1, 0.15) is 5.82 Å². The molecule has 0 saturated carbocycles. The lowest BCUT2D eigenvalue weighted by atomic mass is 10.1. The quantitative estimate of drug-likeness (QED) is 0.698. The van der Waals surface area contributed by atoms with Crippen LogP contribution in [0, 0.1) is 5.82 Å². The lowest BCUT2D eigenvalue weighted by molar-refractivity contribution is 0.385. The average Bonchev–Trinajstić information content (AvgIpc) is 3.04. The molecule has 2 N–H and O–H groups in total. The van der Waals surface area contributed by atoms with Crippen LogP contribution in [-0.4, -0.2) is 10.2 Å². The minimum atomic E-state index is -0.329. The number of thioether (sulfide) groups is 1. The third-order valence-electron chi connectivity index (χ3n) is 3.31. The van der Waals surface area contributed by atoms with Gasteiger partial charge in [0, 0.05) is 5.75 Å². The van der Waals surface area contributed by atoms with Gasteiger partial charge >= 0.3 is 0 Å². The molecule has 0 amide bonds. The number of nitrogens with two attached hydrogens (primary N) is 1. The molecular formula is C17H16FN3OS. The van der Waals surface area contributed by atoms with Crippen molar-refractivity contribution < 1.29 is 8.81 Å². The lowest BCUT2D eigenvalue weighted by Gasteiger charge is -2.06. The van der Waals surface area contributed by atoms with Crippen LogP contribution in [0.2, 0.25) is 0 Å². The molecule has 6 heteroatoms. The van der Waals surface area contributed by atoms with Crippen LogP contribution in [0.15, 0.2) is 64.2 Å². The molecule has 1 heterocycles. The number of halogens is 1. The molecule has 0 aliphatic carbocycles. The van der Waals surface area contributed by atoms with Crippen molar-refractivity contribution in [3.05, 3.63) is 77.4 Å². The molecule has 0 bridgehead atoms. The predicted octanol–water partition coefficient (Wildman–Crippen LogP) is 3.74. The highest BCUT2D eigenvalue weighted by Crippen LogP contribution is 2.24. The van der Waals surface area contributed by atoms with Gasteiger partial charge in [-0.15, -0.1) is 10.2 Å². The molecule has 0 aliphatic rings. The van der Waals surface area contributed by atoms with Gasteiger partial charge in [0.05, 0.1) is 6.04 Å². The van der Waals surface area contributed by atoms with Crippen molar-refractivity contribution in [3.63, 3.8) is 0 Å². The van der Waals surface area contributed by atoms with E-state index in [4.69, 9.17) is 10.2 Å². The highest BCUT2D eigenvalue weighted by atomic mass is 32.2. The number of rotatable bonds is 6. The summed E-state index contributed by atoms with van der Waals surface area (Å²) in [6.45, 7) is 0. The van der Waals surface area contributed by atoms with Gasteiger partial charge in [-0.25, -0.2) is 4.39 Å². The molecule has 0 spiro atoms. The van der Waals surface area contributed by atoms with Gasteiger partial charge in [-0.2, -0.15) is 0 Å². The summed E-state index contributed by atoms with van der Waals surface area (Å²) in [4.78, 5) is 0. The summed E-state index contributed by atoms with van der Waals surface area (Å²) >= 11 is 1.41. The number of nitrogens with zero attached hydrogens (tertiary/aromatic N) is 2. The van der Waals surface area contributed by atoms with E-state index in [9.17, 15) is 4.39 Å². The highest BCUT2D eigenvalue weighted by Gasteiger charge is 2.15. The van der Waals surface area contributed by atoms with Gasteiger partial charge in [-0.05, 0) is 29.7 Å². The summed E-state index contributed by atoms with van der Waals surface area (Å²) in [6.07, 6.45) is 0.644. The van der Waals surface area contributed by atoms with Gasteiger partial charge in [0.2, 0.25) is 5.89 Å². The van der Waals surface area contributed by atoms with E-state index >= 15 is 0 Å². The van der Waals surface area contributed by atoms with Gasteiger partial charge in [-0.3, -0.25) is 0 Å². The zero-order valence-corrected chi connectivity index (χ0v) is 13.2. The molecular weight excluding hydrogens is 313 g/mol. The van der Waals surface area contributed by atoms with E-state index in [-0.39, 0.29) is 11.9 Å². The summed E-state index contributed by atoms with van der Waals surface area (Å²) in [7, 11) is 0. The van der Waals surface area contributed by atoms with E-state index < -0.39 is 0 Å². The Bertz CT molecular complexity index is 746. The average molecular weight is 329 g/mol. The summed E-state index contributed by atoms with van der Waals surface area (Å²) in [5.41, 5.74) is 8.23. The van der Waals surface area contributed by atoms with E-state index in [1.165, 1.54) is 23.9 Å². The fraction of sp³-hybridized carbons (Fsp3) is 0.176. The second-order valence-electron chi connectivity index (χ2n) is 5.12. The summed E-state index contributed by atoms with van der Waals surface area (Å²) in [5.74, 6) is 0.816. The standard InChI is InChI=1S/C17H16FN3OS/c18-14-8-6-13(7-9-14)11-23-17-21-20-16(22-17)15(19)10-12-4-2-1-3-5-12/h1-9,15H,10-11,19H2/t15-/m0/s1. The van der Waals surface area contributed by atoms with Crippen LogP contribution in [-0.2, 0) is 12.2 Å². The van der Waals surface area contributed by atoms with Gasteiger partial charge in [-0.1, -0.05) is 54.2 Å². The SMILES string of the molecule is N[C@@H](Cc1ccccc1)c1nnc(SCc2ccc(F)cc2)o1. The summed E-state index contributed by atoms with van der Waals surface area (Å²) < 4.78 is 18.5. The Kier molecular flexibility index (Phi) is 5.05. The molecule has 3 aromatic rings. The van der Waals surface area contributed by atoms with Crippen molar-refractivity contribution in [3.8, 4) is 0 Å². The Hall–Kier alpha value is -2.18. The number of benzene rings is 2. The van der Waals surface area contributed by atoms with Crippen LogP contribution in [0.1, 0.15) is 23.1 Å². The van der Waals surface area contributed by atoms with E-state index in [1.54, 1.807) is 12.1 Å². The molecule has 1 aromatic heterocycles. The Balaban J connectivity index is 1.58. The zero-order chi connectivity index (χ0) is 16.1. The van der Waals surface area contributed by atoms with Crippen LogP contribution in [0.3, 0.4) is 0 Å². The normalized spacial score (nSPS) is 12.3. The molecule has 0 radical (unpaired) electrons. The molecule has 118 valence electrons. The Morgan fingerprint density at radius 3 is 2.48 bits per heavy atom. The maximum atomic E-state index is 12.9. The van der Waals surface area contributed by atoms with Crippen molar-refractivity contribution in [1.82, 2.24) is 10.2 Å². The first-order chi connectivity index (χ1) is 11.2. The van der Waals surface area contributed by atoms with Gasteiger partial charge in [0.25, 0.3) is 5.22 Å². The number of aromatic nitrogens is 2. The summed E-state index contributed by atoms with van der Waals surface area (Å²) in [5, 5.41) is 8.49. The van der Waals surface area contributed by atoms with Crippen molar-refractivity contribution in [2.24, 2.45) is 5.73 Å². The minimum absolute atomic E-state index is 0.245. The third kappa shape index (κ3) is 4.40. The maximum Gasteiger partial charge on any atom is 0.276 e. The van der Waals surface area contributed by atoms with Crippen LogP contribution >= 0.6 is 11.8 Å². The van der Waals surface area contributed by atoms with E-state index in [0.29, 0.717) is 23.3 Å². The van der Waals surface area contributed by atoms with E-state index in [0.717, 1.165) is 11.1 Å². The molecule has 23 heavy (non-hydrogen) atoms. The highest BCUT2D eigenvalue weighted by molar-refractivity contribution is 7.98. The molecule has 0 unspecified atom stereocenters. The zero-order valence-electron chi connectivity index (χ0n) is 12.4. The molecule has 1 atom stereocenters. The van der Waals surface area contributed by atoms with Crippen molar-refractivity contribution in [1.29, 1.82) is 0 Å². The van der Waals surface area contributed by atoms with E-state index in [1.807, 2.05) is 30.3 Å². The topological polar surface area (TPSA) is 64.9 Å². The molecule has 0 saturated heterocycles. The largest absolute Gasteiger partial charge is 0.414 e. The Morgan fingerprint density at radius 2 is 1.74 bits per heavy atom. The second kappa shape index (κ2) is 7.39.